The normalized spacial score (nSPS) is 14.7. The van der Waals surface area contributed by atoms with Crippen molar-refractivity contribution in [3.63, 3.8) is 0 Å². The summed E-state index contributed by atoms with van der Waals surface area (Å²) in [6.07, 6.45) is 3.37. The number of nitrogens with zero attached hydrogens (tertiary/aromatic N) is 5. The van der Waals surface area contributed by atoms with Crippen molar-refractivity contribution in [3.05, 3.63) is 102 Å². The zero-order valence-corrected chi connectivity index (χ0v) is 23.0. The summed E-state index contributed by atoms with van der Waals surface area (Å²) in [4.78, 5) is 11.3. The van der Waals surface area contributed by atoms with Crippen molar-refractivity contribution in [2.24, 2.45) is 0 Å². The van der Waals surface area contributed by atoms with Crippen LogP contribution in [-0.4, -0.2) is 53.5 Å². The molecule has 0 spiro atoms. The maximum atomic E-state index is 13.6. The van der Waals surface area contributed by atoms with Crippen LogP contribution in [0.15, 0.2) is 89.7 Å². The van der Waals surface area contributed by atoms with Crippen LogP contribution >= 0.6 is 0 Å². The Labute approximate surface area is 238 Å². The number of benzene rings is 3. The maximum absolute atomic E-state index is 13.6. The molecular weight excluding hydrogens is 539 g/mol. The van der Waals surface area contributed by atoms with Gasteiger partial charge < -0.3 is 9.73 Å². The van der Waals surface area contributed by atoms with E-state index in [1.54, 1.807) is 12.4 Å². The van der Waals surface area contributed by atoms with Gasteiger partial charge in [-0.1, -0.05) is 12.1 Å². The van der Waals surface area contributed by atoms with Crippen molar-refractivity contribution in [1.29, 1.82) is 0 Å². The Morgan fingerprint density at radius 2 is 1.85 bits per heavy atom. The lowest BCUT2D eigenvalue weighted by atomic mass is 10.1. The molecule has 1 aliphatic rings. The van der Waals surface area contributed by atoms with Crippen LogP contribution < -0.4 is 5.32 Å². The van der Waals surface area contributed by atoms with Gasteiger partial charge in [-0.3, -0.25) is 13.8 Å². The Kier molecular flexibility index (Phi) is 6.77. The van der Waals surface area contributed by atoms with Crippen molar-refractivity contribution in [2.45, 2.75) is 13.1 Å². The van der Waals surface area contributed by atoms with Crippen molar-refractivity contribution in [2.75, 3.05) is 29.9 Å². The summed E-state index contributed by atoms with van der Waals surface area (Å²) in [5.41, 5.74) is 4.45. The van der Waals surface area contributed by atoms with Crippen molar-refractivity contribution in [1.82, 2.24) is 24.6 Å². The number of furan rings is 1. The van der Waals surface area contributed by atoms with Gasteiger partial charge in [-0.05, 0) is 66.2 Å². The molecule has 1 aliphatic heterocycles. The third-order valence-electron chi connectivity index (χ3n) is 7.36. The Hall–Kier alpha value is -4.41. The molecular formula is C31H27FN6O2S. The van der Waals surface area contributed by atoms with E-state index in [9.17, 15) is 8.60 Å². The molecule has 3 aromatic heterocycles. The van der Waals surface area contributed by atoms with Gasteiger partial charge in [-0.2, -0.15) is 5.10 Å². The minimum atomic E-state index is -0.695. The highest BCUT2D eigenvalue weighted by Crippen LogP contribution is 2.31. The van der Waals surface area contributed by atoms with Gasteiger partial charge in [-0.25, -0.2) is 14.4 Å². The molecule has 0 aliphatic carbocycles. The van der Waals surface area contributed by atoms with Crippen molar-refractivity contribution >= 4 is 44.1 Å². The highest BCUT2D eigenvalue weighted by atomic mass is 32.2. The minimum Gasteiger partial charge on any atom is -0.460 e. The number of halogens is 1. The molecule has 0 amide bonds. The van der Waals surface area contributed by atoms with Crippen LogP contribution in [0, 0.1) is 5.82 Å². The van der Waals surface area contributed by atoms with Gasteiger partial charge in [0, 0.05) is 57.4 Å². The van der Waals surface area contributed by atoms with Gasteiger partial charge in [0.05, 0.1) is 30.3 Å². The fourth-order valence-corrected chi connectivity index (χ4v) is 6.35. The first kappa shape index (κ1) is 25.6. The Morgan fingerprint density at radius 3 is 2.73 bits per heavy atom. The molecule has 1 N–H and O–H groups in total. The lowest BCUT2D eigenvalue weighted by Crippen LogP contribution is -2.37. The number of nitrogens with one attached hydrogen (secondary N) is 1. The average molecular weight is 567 g/mol. The first-order valence-electron chi connectivity index (χ1n) is 13.5. The molecule has 4 heterocycles. The molecule has 3 aromatic carbocycles. The summed E-state index contributed by atoms with van der Waals surface area (Å²) >= 11 is 0. The van der Waals surface area contributed by atoms with Gasteiger partial charge in [0.2, 0.25) is 0 Å². The average Bonchev–Trinajstić information content (AvgIpc) is 3.61. The maximum Gasteiger partial charge on any atom is 0.141 e. The lowest BCUT2D eigenvalue weighted by molar-refractivity contribution is 0.266. The van der Waals surface area contributed by atoms with E-state index in [4.69, 9.17) is 4.42 Å². The van der Waals surface area contributed by atoms with Crippen LogP contribution in [0.1, 0.15) is 11.3 Å². The Bertz CT molecular complexity index is 1890. The van der Waals surface area contributed by atoms with Crippen LogP contribution in [0.25, 0.3) is 33.1 Å². The van der Waals surface area contributed by atoms with E-state index in [2.05, 4.69) is 25.3 Å². The number of hydrogen-bond acceptors (Lipinski definition) is 7. The predicted octanol–water partition coefficient (Wildman–Crippen LogP) is 5.73. The highest BCUT2D eigenvalue weighted by molar-refractivity contribution is 7.85. The summed E-state index contributed by atoms with van der Waals surface area (Å²) in [5.74, 6) is 3.55. The van der Waals surface area contributed by atoms with Crippen LogP contribution in [0.5, 0.6) is 0 Å². The minimum absolute atomic E-state index is 0.254. The molecule has 0 atom stereocenters. The van der Waals surface area contributed by atoms with Gasteiger partial charge in [0.15, 0.2) is 0 Å². The van der Waals surface area contributed by atoms with Gasteiger partial charge >= 0.3 is 0 Å². The highest BCUT2D eigenvalue weighted by Gasteiger charge is 2.17. The second kappa shape index (κ2) is 10.9. The van der Waals surface area contributed by atoms with Crippen LogP contribution in [0.4, 0.5) is 15.9 Å². The molecule has 0 unspecified atom stereocenters. The molecule has 0 bridgehead atoms. The SMILES string of the molecule is O=S1CCN(Cc2ccc(-c3ccc4ncnc(Nc5ccc6c(cnn6Cc6cccc(F)c6)c5)c4c3)o2)CC1. The van der Waals surface area contributed by atoms with E-state index in [1.165, 1.54) is 12.1 Å². The second-order valence-electron chi connectivity index (χ2n) is 10.2. The topological polar surface area (TPSA) is 89.1 Å². The van der Waals surface area contributed by atoms with E-state index < -0.39 is 10.8 Å². The van der Waals surface area contributed by atoms with Crippen LogP contribution in [0.3, 0.4) is 0 Å². The first-order chi connectivity index (χ1) is 20.1. The zero-order valence-electron chi connectivity index (χ0n) is 22.2. The Balaban J connectivity index is 1.12. The largest absolute Gasteiger partial charge is 0.460 e. The van der Waals surface area contributed by atoms with E-state index in [0.717, 1.165) is 74.7 Å². The Morgan fingerprint density at radius 1 is 0.951 bits per heavy atom. The number of aromatic nitrogens is 4. The number of anilines is 2. The van der Waals surface area contributed by atoms with Crippen molar-refractivity contribution in [3.8, 4) is 11.3 Å². The number of fused-ring (bicyclic) bond motifs is 2. The summed E-state index contributed by atoms with van der Waals surface area (Å²) < 4.78 is 33.4. The van der Waals surface area contributed by atoms with E-state index >= 15 is 0 Å². The zero-order chi connectivity index (χ0) is 27.8. The van der Waals surface area contributed by atoms with Gasteiger partial charge in [0.25, 0.3) is 0 Å². The van der Waals surface area contributed by atoms with E-state index in [0.29, 0.717) is 18.9 Å². The van der Waals surface area contributed by atoms with Crippen LogP contribution in [-0.2, 0) is 23.9 Å². The molecule has 1 saturated heterocycles. The summed E-state index contributed by atoms with van der Waals surface area (Å²) in [6, 6.07) is 22.6. The molecule has 8 nitrogen and oxygen atoms in total. The van der Waals surface area contributed by atoms with E-state index in [1.807, 2.05) is 65.5 Å². The quantitative estimate of drug-likeness (QED) is 0.264. The number of hydrogen-bond donors (Lipinski definition) is 1. The molecule has 10 heteroatoms. The summed E-state index contributed by atoms with van der Waals surface area (Å²) in [5, 5.41) is 9.81. The van der Waals surface area contributed by atoms with Crippen molar-refractivity contribution < 1.29 is 13.0 Å². The molecule has 206 valence electrons. The molecule has 1 fully saturated rings. The molecule has 6 aromatic rings. The molecule has 7 rings (SSSR count). The van der Waals surface area contributed by atoms with Crippen LogP contribution in [0.2, 0.25) is 0 Å². The standard InChI is InChI=1S/C31H27FN6O2S/c32-24-3-1-2-21(14-24)18-38-29-8-5-25(15-23(29)17-35-38)36-31-27-16-22(4-7-28(27)33-20-34-31)30-9-6-26(40-30)19-37-10-12-41(39)13-11-37/h1-9,14-17,20H,10-13,18-19H2,(H,33,34,36). The first-order valence-corrected chi connectivity index (χ1v) is 14.9. The molecule has 0 saturated carbocycles. The lowest BCUT2D eigenvalue weighted by Gasteiger charge is -2.24. The fraction of sp³-hybridized carbons (Fsp3) is 0.194. The van der Waals surface area contributed by atoms with Gasteiger partial charge in [-0.15, -0.1) is 0 Å². The summed E-state index contributed by atoms with van der Waals surface area (Å²) in [6.45, 7) is 2.85. The summed E-state index contributed by atoms with van der Waals surface area (Å²) in [7, 11) is -0.695. The molecule has 41 heavy (non-hydrogen) atoms. The third kappa shape index (κ3) is 5.48. The molecule has 0 radical (unpaired) electrons. The third-order valence-corrected chi connectivity index (χ3v) is 8.63. The smallest absolute Gasteiger partial charge is 0.141 e. The van der Waals surface area contributed by atoms with E-state index in [-0.39, 0.29) is 5.82 Å². The second-order valence-corrected chi connectivity index (χ2v) is 11.9. The predicted molar refractivity (Wildman–Crippen MR) is 159 cm³/mol. The fourth-order valence-electron chi connectivity index (χ4n) is 5.22. The monoisotopic (exact) mass is 566 g/mol. The van der Waals surface area contributed by atoms with Gasteiger partial charge in [0.1, 0.15) is 29.5 Å². The number of rotatable bonds is 7.